The Kier molecular flexibility index (Phi) is 2.36. The first-order valence-electron chi connectivity index (χ1n) is 3.70. The van der Waals surface area contributed by atoms with Crippen LogP contribution in [0.4, 0.5) is 0 Å². The van der Waals surface area contributed by atoms with E-state index in [-0.39, 0.29) is 5.78 Å². The van der Waals surface area contributed by atoms with E-state index in [2.05, 4.69) is 4.98 Å². The van der Waals surface area contributed by atoms with Crippen LogP contribution in [-0.4, -0.2) is 10.8 Å². The van der Waals surface area contributed by atoms with Crippen molar-refractivity contribution in [2.45, 2.75) is 20.3 Å². The highest BCUT2D eigenvalue weighted by atomic mass is 16.1. The van der Waals surface area contributed by atoms with E-state index in [4.69, 9.17) is 0 Å². The third kappa shape index (κ3) is 1.64. The van der Waals surface area contributed by atoms with Crippen molar-refractivity contribution in [3.8, 4) is 0 Å². The Hall–Kier alpha value is -1.18. The van der Waals surface area contributed by atoms with Gasteiger partial charge in [-0.05, 0) is 19.1 Å². The van der Waals surface area contributed by atoms with Gasteiger partial charge in [0.1, 0.15) is 0 Å². The largest absolute Gasteiger partial charge is 0.294 e. The van der Waals surface area contributed by atoms with Crippen LogP contribution in [0.1, 0.15) is 29.4 Å². The van der Waals surface area contributed by atoms with Gasteiger partial charge in [0.25, 0.3) is 0 Å². The summed E-state index contributed by atoms with van der Waals surface area (Å²) in [6, 6.07) is 3.60. The molecule has 2 nitrogen and oxygen atoms in total. The van der Waals surface area contributed by atoms with Crippen LogP contribution in [-0.2, 0) is 0 Å². The van der Waals surface area contributed by atoms with Crippen LogP contribution in [0.3, 0.4) is 0 Å². The fraction of sp³-hybridized carbons (Fsp3) is 0.333. The zero-order chi connectivity index (χ0) is 8.27. The van der Waals surface area contributed by atoms with E-state index in [0.717, 1.165) is 11.3 Å². The summed E-state index contributed by atoms with van der Waals surface area (Å²) in [5.74, 6) is 0.163. The lowest BCUT2D eigenvalue weighted by Gasteiger charge is -1.99. The fourth-order valence-corrected chi connectivity index (χ4v) is 0.969. The van der Waals surface area contributed by atoms with Crippen LogP contribution in [0.15, 0.2) is 18.3 Å². The lowest BCUT2D eigenvalue weighted by Crippen LogP contribution is -2.00. The number of aromatic nitrogens is 1. The van der Waals surface area contributed by atoms with Gasteiger partial charge in [-0.3, -0.25) is 9.78 Å². The maximum atomic E-state index is 11.2. The molecule has 0 saturated heterocycles. The Labute approximate surface area is 66.3 Å². The van der Waals surface area contributed by atoms with E-state index >= 15 is 0 Å². The van der Waals surface area contributed by atoms with Gasteiger partial charge in [-0.15, -0.1) is 0 Å². The zero-order valence-electron chi connectivity index (χ0n) is 6.79. The number of hydrogen-bond acceptors (Lipinski definition) is 2. The summed E-state index contributed by atoms with van der Waals surface area (Å²) in [5.41, 5.74) is 1.56. The molecule has 1 aromatic heterocycles. The first-order chi connectivity index (χ1) is 5.25. The molecule has 0 aromatic carbocycles. The second-order valence-electron chi connectivity index (χ2n) is 2.41. The highest BCUT2D eigenvalue weighted by Crippen LogP contribution is 2.05. The summed E-state index contributed by atoms with van der Waals surface area (Å²) in [4.78, 5) is 15.2. The molecule has 0 saturated carbocycles. The van der Waals surface area contributed by atoms with Crippen molar-refractivity contribution in [2.75, 3.05) is 0 Å². The van der Waals surface area contributed by atoms with Gasteiger partial charge in [-0.1, -0.05) is 6.92 Å². The first kappa shape index (κ1) is 7.92. The second-order valence-corrected chi connectivity index (χ2v) is 2.41. The van der Waals surface area contributed by atoms with E-state index in [1.807, 2.05) is 19.9 Å². The van der Waals surface area contributed by atoms with E-state index in [0.29, 0.717) is 6.42 Å². The highest BCUT2D eigenvalue weighted by Gasteiger charge is 2.04. The number of pyridine rings is 1. The molecule has 11 heavy (non-hydrogen) atoms. The Bertz CT molecular complexity index is 268. The fourth-order valence-electron chi connectivity index (χ4n) is 0.969. The van der Waals surface area contributed by atoms with Crippen molar-refractivity contribution < 1.29 is 4.79 Å². The molecule has 0 amide bonds. The normalized spacial score (nSPS) is 9.64. The van der Waals surface area contributed by atoms with Crippen LogP contribution < -0.4 is 0 Å². The minimum atomic E-state index is 0.163. The summed E-state index contributed by atoms with van der Waals surface area (Å²) in [5, 5.41) is 0. The second kappa shape index (κ2) is 3.28. The van der Waals surface area contributed by atoms with Gasteiger partial charge in [-0.25, -0.2) is 0 Å². The van der Waals surface area contributed by atoms with Crippen LogP contribution in [0.5, 0.6) is 0 Å². The first-order valence-corrected chi connectivity index (χ1v) is 3.70. The van der Waals surface area contributed by atoms with Gasteiger partial charge >= 0.3 is 0 Å². The summed E-state index contributed by atoms with van der Waals surface area (Å²) in [6.07, 6.45) is 2.24. The quantitative estimate of drug-likeness (QED) is 0.602. The molecule has 0 aliphatic rings. The highest BCUT2D eigenvalue weighted by molar-refractivity contribution is 5.96. The molecule has 0 spiro atoms. The van der Waals surface area contributed by atoms with Crippen molar-refractivity contribution >= 4 is 5.78 Å². The lowest BCUT2D eigenvalue weighted by atomic mass is 10.1. The lowest BCUT2D eigenvalue weighted by molar-refractivity contribution is 0.0987. The molecule has 0 radical (unpaired) electrons. The third-order valence-corrected chi connectivity index (χ3v) is 1.63. The molecule has 0 bridgehead atoms. The minimum absolute atomic E-state index is 0.163. The van der Waals surface area contributed by atoms with E-state index < -0.39 is 0 Å². The minimum Gasteiger partial charge on any atom is -0.294 e. The smallest absolute Gasteiger partial charge is 0.164 e. The Morgan fingerprint density at radius 2 is 2.36 bits per heavy atom. The average molecular weight is 149 g/mol. The molecular formula is C9H11NO. The number of nitrogens with zero attached hydrogens (tertiary/aromatic N) is 1. The molecule has 1 heterocycles. The molecule has 1 aromatic rings. The maximum Gasteiger partial charge on any atom is 0.164 e. The molecule has 58 valence electrons. The monoisotopic (exact) mass is 149 g/mol. The summed E-state index contributed by atoms with van der Waals surface area (Å²) in [7, 11) is 0. The van der Waals surface area contributed by atoms with Crippen LogP contribution in [0.2, 0.25) is 0 Å². The summed E-state index contributed by atoms with van der Waals surface area (Å²) in [6.45, 7) is 3.71. The Morgan fingerprint density at radius 3 is 2.91 bits per heavy atom. The summed E-state index contributed by atoms with van der Waals surface area (Å²) >= 11 is 0. The maximum absolute atomic E-state index is 11.2. The predicted molar refractivity (Wildman–Crippen MR) is 43.6 cm³/mol. The number of carbonyl (C=O) groups is 1. The number of hydrogen-bond donors (Lipinski definition) is 0. The van der Waals surface area contributed by atoms with Gasteiger partial charge in [0.05, 0.1) is 0 Å². The predicted octanol–water partition coefficient (Wildman–Crippen LogP) is 1.98. The molecule has 1 rings (SSSR count). The topological polar surface area (TPSA) is 30.0 Å². The molecule has 0 atom stereocenters. The van der Waals surface area contributed by atoms with Crippen LogP contribution in [0, 0.1) is 6.92 Å². The van der Waals surface area contributed by atoms with Crippen molar-refractivity contribution in [1.82, 2.24) is 4.98 Å². The van der Waals surface area contributed by atoms with E-state index in [1.165, 1.54) is 0 Å². The van der Waals surface area contributed by atoms with Crippen LogP contribution >= 0.6 is 0 Å². The summed E-state index contributed by atoms with van der Waals surface area (Å²) < 4.78 is 0. The SMILES string of the molecule is CCC(=O)c1cccnc1C. The molecule has 2 heteroatoms. The third-order valence-electron chi connectivity index (χ3n) is 1.63. The average Bonchev–Trinajstić information content (AvgIpc) is 2.04. The molecule has 0 N–H and O–H groups in total. The van der Waals surface area contributed by atoms with Crippen molar-refractivity contribution in [1.29, 1.82) is 0 Å². The van der Waals surface area contributed by atoms with Crippen LogP contribution in [0.25, 0.3) is 0 Å². The number of ketones is 1. The number of carbonyl (C=O) groups excluding carboxylic acids is 1. The zero-order valence-corrected chi connectivity index (χ0v) is 6.79. The number of rotatable bonds is 2. The molecule has 0 unspecified atom stereocenters. The molecular weight excluding hydrogens is 138 g/mol. The van der Waals surface area contributed by atoms with Crippen molar-refractivity contribution in [2.24, 2.45) is 0 Å². The molecule has 0 aliphatic heterocycles. The van der Waals surface area contributed by atoms with Crippen molar-refractivity contribution in [3.63, 3.8) is 0 Å². The number of aryl methyl sites for hydroxylation is 1. The molecule has 0 aliphatic carbocycles. The molecule has 0 fully saturated rings. The van der Waals surface area contributed by atoms with Crippen molar-refractivity contribution in [3.05, 3.63) is 29.6 Å². The van der Waals surface area contributed by atoms with E-state index in [9.17, 15) is 4.79 Å². The Morgan fingerprint density at radius 1 is 1.64 bits per heavy atom. The Balaban J connectivity index is 3.03. The van der Waals surface area contributed by atoms with Gasteiger partial charge in [0, 0.05) is 23.9 Å². The van der Waals surface area contributed by atoms with Gasteiger partial charge in [-0.2, -0.15) is 0 Å². The number of Topliss-reactive ketones (excluding diaryl/α,β-unsaturated/α-hetero) is 1. The van der Waals surface area contributed by atoms with Gasteiger partial charge in [0.15, 0.2) is 5.78 Å². The standard InChI is InChI=1S/C9H11NO/c1-3-9(11)8-5-4-6-10-7(8)2/h4-6H,3H2,1-2H3. The van der Waals surface area contributed by atoms with E-state index in [1.54, 1.807) is 12.3 Å². The van der Waals surface area contributed by atoms with Gasteiger partial charge < -0.3 is 0 Å². The van der Waals surface area contributed by atoms with Gasteiger partial charge in [0.2, 0.25) is 0 Å².